The van der Waals surface area contributed by atoms with Crippen LogP contribution in [0.1, 0.15) is 25.3 Å². The lowest BCUT2D eigenvalue weighted by Gasteiger charge is -2.12. The van der Waals surface area contributed by atoms with Gasteiger partial charge in [0, 0.05) is 17.7 Å². The van der Waals surface area contributed by atoms with Gasteiger partial charge in [-0.15, -0.1) is 13.2 Å². The lowest BCUT2D eigenvalue weighted by molar-refractivity contribution is -0.274. The monoisotopic (exact) mass is 382 g/mol. The maximum Gasteiger partial charge on any atom is 0.573 e. The Balaban J connectivity index is 1.77. The molecule has 4 nitrogen and oxygen atoms in total. The van der Waals surface area contributed by atoms with Gasteiger partial charge in [0.15, 0.2) is 0 Å². The molecule has 2 aromatic rings. The lowest BCUT2D eigenvalue weighted by Crippen LogP contribution is -2.19. The third-order valence-corrected chi connectivity index (χ3v) is 4.83. The number of anilines is 2. The van der Waals surface area contributed by atoms with Crippen LogP contribution in [0.4, 0.5) is 28.9 Å². The molecule has 2 aromatic carbocycles. The first kappa shape index (κ1) is 19.0. The summed E-state index contributed by atoms with van der Waals surface area (Å²) in [4.78, 5) is 12.6. The van der Waals surface area contributed by atoms with Crippen LogP contribution in [-0.4, -0.2) is 12.3 Å². The van der Waals surface area contributed by atoms with Gasteiger partial charge in [0.1, 0.15) is 11.6 Å². The predicted octanol–water partition coefficient (Wildman–Crippen LogP) is 4.68. The molecule has 0 spiro atoms. The van der Waals surface area contributed by atoms with Gasteiger partial charge in [-0.3, -0.25) is 4.79 Å². The van der Waals surface area contributed by atoms with Crippen LogP contribution in [0.25, 0.3) is 0 Å². The van der Waals surface area contributed by atoms with Crippen molar-refractivity contribution in [2.45, 2.75) is 26.1 Å². The normalized spacial score (nSPS) is 20.8. The van der Waals surface area contributed by atoms with Gasteiger partial charge >= 0.3 is 6.36 Å². The van der Waals surface area contributed by atoms with E-state index in [2.05, 4.69) is 10.1 Å². The van der Waals surface area contributed by atoms with Crippen molar-refractivity contribution in [3.05, 3.63) is 53.8 Å². The number of ether oxygens (including phenoxy) is 1. The molecule has 3 N–H and O–H groups in total. The number of carbonyl (C=O) groups excluding carboxylic acids is 1. The number of halogens is 4. The summed E-state index contributed by atoms with van der Waals surface area (Å²) in [6, 6.07) is 9.59. The first-order valence-corrected chi connectivity index (χ1v) is 8.20. The Hall–Kier alpha value is -2.77. The number of rotatable bonds is 4. The fourth-order valence-electron chi connectivity index (χ4n) is 3.46. The molecule has 144 valence electrons. The Kier molecular flexibility index (Phi) is 4.53. The van der Waals surface area contributed by atoms with E-state index in [-0.39, 0.29) is 17.0 Å². The Morgan fingerprint density at radius 1 is 1.15 bits per heavy atom. The highest BCUT2D eigenvalue weighted by Gasteiger charge is 2.62. The molecule has 0 heterocycles. The van der Waals surface area contributed by atoms with Crippen LogP contribution in [0, 0.1) is 17.2 Å². The zero-order chi connectivity index (χ0) is 20.0. The van der Waals surface area contributed by atoms with E-state index in [1.807, 2.05) is 26.0 Å². The summed E-state index contributed by atoms with van der Waals surface area (Å²) < 4.78 is 54.7. The molecule has 3 rings (SSSR count). The van der Waals surface area contributed by atoms with E-state index in [0.29, 0.717) is 5.69 Å². The third kappa shape index (κ3) is 3.99. The van der Waals surface area contributed by atoms with Gasteiger partial charge < -0.3 is 15.8 Å². The first-order chi connectivity index (χ1) is 12.5. The van der Waals surface area contributed by atoms with Crippen molar-refractivity contribution in [2.24, 2.45) is 11.3 Å². The number of hydrogen-bond donors (Lipinski definition) is 2. The second-order valence-electron chi connectivity index (χ2n) is 7.12. The number of nitrogens with two attached hydrogens (primary N) is 1. The van der Waals surface area contributed by atoms with E-state index in [1.54, 1.807) is 12.1 Å². The molecule has 0 aliphatic heterocycles. The highest BCUT2D eigenvalue weighted by molar-refractivity contribution is 5.96. The maximum absolute atomic E-state index is 13.9. The minimum absolute atomic E-state index is 0.101. The predicted molar refractivity (Wildman–Crippen MR) is 92.6 cm³/mol. The lowest BCUT2D eigenvalue weighted by atomic mass is 10.0. The third-order valence-electron chi connectivity index (χ3n) is 4.83. The van der Waals surface area contributed by atoms with Crippen molar-refractivity contribution >= 4 is 17.3 Å². The minimum atomic E-state index is -4.90. The Morgan fingerprint density at radius 2 is 1.78 bits per heavy atom. The Labute approximate surface area is 153 Å². The zero-order valence-electron chi connectivity index (χ0n) is 14.6. The summed E-state index contributed by atoms with van der Waals surface area (Å²) >= 11 is 0. The van der Waals surface area contributed by atoms with Crippen molar-refractivity contribution in [3.8, 4) is 5.75 Å². The molecular weight excluding hydrogens is 364 g/mol. The molecule has 1 saturated carbocycles. The molecule has 1 aliphatic rings. The summed E-state index contributed by atoms with van der Waals surface area (Å²) in [5, 5.41) is 2.38. The average Bonchev–Trinajstić information content (AvgIpc) is 3.12. The van der Waals surface area contributed by atoms with Crippen LogP contribution in [0.3, 0.4) is 0 Å². The van der Waals surface area contributed by atoms with Crippen LogP contribution in [-0.2, 0) is 4.79 Å². The summed E-state index contributed by atoms with van der Waals surface area (Å²) in [5.41, 5.74) is 6.45. The average molecular weight is 382 g/mol. The highest BCUT2D eigenvalue weighted by atomic mass is 19.4. The van der Waals surface area contributed by atoms with Crippen molar-refractivity contribution in [2.75, 3.05) is 11.1 Å². The Morgan fingerprint density at radius 3 is 2.37 bits per heavy atom. The largest absolute Gasteiger partial charge is 0.573 e. The molecule has 0 aromatic heterocycles. The number of amides is 1. The van der Waals surface area contributed by atoms with Crippen molar-refractivity contribution in [1.29, 1.82) is 0 Å². The van der Waals surface area contributed by atoms with Gasteiger partial charge in [0.2, 0.25) is 5.91 Å². The molecule has 1 aliphatic carbocycles. The number of nitrogen functional groups attached to an aromatic ring is 1. The molecule has 0 saturated heterocycles. The van der Waals surface area contributed by atoms with E-state index < -0.39 is 29.8 Å². The van der Waals surface area contributed by atoms with E-state index in [0.717, 1.165) is 23.8 Å². The number of hydrogen-bond acceptors (Lipinski definition) is 3. The molecule has 0 radical (unpaired) electrons. The van der Waals surface area contributed by atoms with Gasteiger partial charge in [-0.25, -0.2) is 4.39 Å². The number of benzene rings is 2. The van der Waals surface area contributed by atoms with Crippen molar-refractivity contribution in [1.82, 2.24) is 0 Å². The standard InChI is InChI=1S/C19H18F4N2O2/c1-18(2)15(10-3-5-11(24)6-4-10)16(18)17(26)25-14-9-12(7-8-13(14)20)27-19(21,22)23/h3-9,15-16H,24H2,1-2H3,(H,25,26)/t15-,16?/m0/s1. The fraction of sp³-hybridized carbons (Fsp3) is 0.316. The molecule has 1 fully saturated rings. The van der Waals surface area contributed by atoms with Gasteiger partial charge in [0.05, 0.1) is 11.6 Å². The van der Waals surface area contributed by atoms with Gasteiger partial charge in [-0.1, -0.05) is 26.0 Å². The van der Waals surface area contributed by atoms with Gasteiger partial charge in [-0.05, 0) is 35.2 Å². The second kappa shape index (κ2) is 6.44. The van der Waals surface area contributed by atoms with Crippen molar-refractivity contribution in [3.63, 3.8) is 0 Å². The fourth-order valence-corrected chi connectivity index (χ4v) is 3.46. The van der Waals surface area contributed by atoms with E-state index in [9.17, 15) is 22.4 Å². The number of alkyl halides is 3. The summed E-state index contributed by atoms with van der Waals surface area (Å²) in [5.74, 6) is -2.47. The molecule has 1 amide bonds. The van der Waals surface area contributed by atoms with Crippen molar-refractivity contribution < 1.29 is 27.1 Å². The van der Waals surface area contributed by atoms with Crippen LogP contribution in [0.15, 0.2) is 42.5 Å². The van der Waals surface area contributed by atoms with E-state index in [4.69, 9.17) is 5.73 Å². The summed E-state index contributed by atoms with van der Waals surface area (Å²) in [7, 11) is 0. The number of carbonyl (C=O) groups is 1. The topological polar surface area (TPSA) is 64.3 Å². The van der Waals surface area contributed by atoms with Crippen LogP contribution < -0.4 is 15.8 Å². The zero-order valence-corrected chi connectivity index (χ0v) is 14.6. The first-order valence-electron chi connectivity index (χ1n) is 8.20. The quantitative estimate of drug-likeness (QED) is 0.596. The smallest absolute Gasteiger partial charge is 0.406 e. The Bertz CT molecular complexity index is 863. The van der Waals surface area contributed by atoms with Crippen LogP contribution in [0.5, 0.6) is 5.75 Å². The van der Waals surface area contributed by atoms with E-state index >= 15 is 0 Å². The molecule has 27 heavy (non-hydrogen) atoms. The van der Waals surface area contributed by atoms with Gasteiger partial charge in [0.25, 0.3) is 0 Å². The SMILES string of the molecule is CC1(C)C(C(=O)Nc2cc(OC(F)(F)F)ccc2F)[C@@H]1c1ccc(N)cc1. The maximum atomic E-state index is 13.9. The summed E-state index contributed by atoms with van der Waals surface area (Å²) in [6.07, 6.45) is -4.90. The summed E-state index contributed by atoms with van der Waals surface area (Å²) in [6.45, 7) is 3.80. The van der Waals surface area contributed by atoms with Gasteiger partial charge in [-0.2, -0.15) is 0 Å². The van der Waals surface area contributed by atoms with Crippen LogP contribution in [0.2, 0.25) is 0 Å². The molecule has 0 bridgehead atoms. The molecule has 8 heteroatoms. The van der Waals surface area contributed by atoms with Crippen LogP contribution >= 0.6 is 0 Å². The van der Waals surface area contributed by atoms with E-state index in [1.165, 1.54) is 0 Å². The number of nitrogens with one attached hydrogen (secondary N) is 1. The molecule has 2 atom stereocenters. The molecular formula is C19H18F4N2O2. The highest BCUT2D eigenvalue weighted by Crippen LogP contribution is 2.64. The second-order valence-corrected chi connectivity index (χ2v) is 7.12. The minimum Gasteiger partial charge on any atom is -0.406 e. The molecule has 1 unspecified atom stereocenters.